The molecule has 6 atom stereocenters. The Balaban J connectivity index is 1.58. The molecule has 0 aliphatic carbocycles. The molecule has 24 heteroatoms. The molecule has 0 unspecified atom stereocenters. The van der Waals surface area contributed by atoms with Crippen LogP contribution >= 0.6 is 0 Å². The molecule has 1 heterocycles. The molecule has 0 fully saturated rings. The third-order valence-electron chi connectivity index (χ3n) is 11.6. The molecule has 406 valence electrons. The van der Waals surface area contributed by atoms with E-state index in [1.807, 2.05) is 6.92 Å². The van der Waals surface area contributed by atoms with Gasteiger partial charge in [-0.1, -0.05) is 107 Å². The summed E-state index contributed by atoms with van der Waals surface area (Å²) in [5, 5.41) is 30.1. The Morgan fingerprint density at radius 2 is 1.25 bits per heavy atom. The second-order valence-electron chi connectivity index (χ2n) is 17.4. The molecule has 0 spiro atoms. The number of carboxylic acid groups (broad SMARTS) is 1. The van der Waals surface area contributed by atoms with Crippen LogP contribution in [0.25, 0.3) is 10.9 Å². The number of aliphatic carboxylic acids is 1. The number of hydrogen-bond acceptors (Lipinski definition) is 14. The van der Waals surface area contributed by atoms with E-state index in [-0.39, 0.29) is 30.6 Å². The van der Waals surface area contributed by atoms with E-state index in [0.717, 1.165) is 18.6 Å². The highest BCUT2D eigenvalue weighted by Crippen LogP contribution is 2.20. The molecule has 0 aliphatic rings. The maximum atomic E-state index is 14.3. The summed E-state index contributed by atoms with van der Waals surface area (Å²) in [5.41, 5.74) is 1.83. The van der Waals surface area contributed by atoms with Crippen LogP contribution in [0, 0.1) is 0 Å². The molecular weight excluding hydrogens is 995 g/mol. The van der Waals surface area contributed by atoms with Crippen molar-refractivity contribution >= 4 is 74.4 Å². The Kier molecular flexibility index (Phi) is 20.9. The number of para-hydroxylation sites is 1. The molecule has 11 N–H and O–H groups in total. The number of H-pyrrole nitrogens is 1. The smallest absolute Gasteiger partial charge is 0.446 e. The Hall–Kier alpha value is -7.54. The van der Waals surface area contributed by atoms with Gasteiger partial charge >= 0.3 is 16.4 Å². The van der Waals surface area contributed by atoms with Gasteiger partial charge < -0.3 is 46.2 Å². The summed E-state index contributed by atoms with van der Waals surface area (Å²) < 4.78 is 74.3. The second-order valence-corrected chi connectivity index (χ2v) is 18.4. The number of imide groups is 1. The van der Waals surface area contributed by atoms with Gasteiger partial charge in [-0.25, -0.2) is 0 Å². The summed E-state index contributed by atoms with van der Waals surface area (Å²) in [5.74, 6) is -10.9. The number of carbonyl (C=O) groups excluding carboxylic acids is 8. The molecule has 3 aromatic carbocycles. The van der Waals surface area contributed by atoms with Gasteiger partial charge in [0.25, 0.3) is 5.91 Å². The van der Waals surface area contributed by atoms with E-state index in [2.05, 4.69) is 51.7 Å². The van der Waals surface area contributed by atoms with E-state index in [4.69, 9.17) is 11.4 Å². The van der Waals surface area contributed by atoms with Crippen molar-refractivity contribution in [2.45, 2.75) is 128 Å². The van der Waals surface area contributed by atoms with Crippen LogP contribution in [0.1, 0.15) is 95.6 Å². The number of amides is 7. The molecule has 23 nitrogen and oxygen atoms in total. The minimum Gasteiger partial charge on any atom is -0.481 e. The van der Waals surface area contributed by atoms with Gasteiger partial charge in [0.05, 0.1) is 25.2 Å². The van der Waals surface area contributed by atoms with Crippen LogP contribution < -0.4 is 46.7 Å². The first kappa shape index (κ1) is 52.3. The van der Waals surface area contributed by atoms with E-state index in [1.165, 1.54) is 19.2 Å². The Morgan fingerprint density at radius 1 is 0.680 bits per heavy atom. The van der Waals surface area contributed by atoms with Crippen LogP contribution in [0.4, 0.5) is 0 Å². The van der Waals surface area contributed by atoms with E-state index >= 15 is 0 Å². The van der Waals surface area contributed by atoms with E-state index < -0.39 is 132 Å². The highest BCUT2D eigenvalue weighted by Gasteiger charge is 2.34. The van der Waals surface area contributed by atoms with Gasteiger partial charge in [0.2, 0.25) is 41.2 Å². The molecule has 7 amide bonds. The van der Waals surface area contributed by atoms with Gasteiger partial charge in [-0.2, -0.15) is 8.42 Å². The number of carbonyl (C=O) groups is 9. The largest absolute Gasteiger partial charge is 0.481 e. The Morgan fingerprint density at radius 3 is 1.88 bits per heavy atom. The summed E-state index contributed by atoms with van der Waals surface area (Å²) in [7, 11) is -3.38. The fourth-order valence-electron chi connectivity index (χ4n) is 7.71. The van der Waals surface area contributed by atoms with Crippen molar-refractivity contribution in [2.75, 3.05) is 13.6 Å². The monoisotopic (exact) mass is 1070 g/mol. The number of ketones is 1. The van der Waals surface area contributed by atoms with Crippen molar-refractivity contribution in [1.82, 2.24) is 47.5 Å². The third kappa shape index (κ3) is 20.4. The first-order chi connectivity index (χ1) is 37.7. The van der Waals surface area contributed by atoms with Gasteiger partial charge in [-0.15, -0.1) is 0 Å². The fraction of sp³-hybridized carbons (Fsp3) is 0.431. The van der Waals surface area contributed by atoms with Crippen molar-refractivity contribution in [2.24, 2.45) is 0 Å². The maximum Gasteiger partial charge on any atom is 0.446 e. The predicted octanol–water partition coefficient (Wildman–Crippen LogP) is 1.41. The molecule has 0 saturated carbocycles. The van der Waals surface area contributed by atoms with Gasteiger partial charge in [-0.05, 0) is 54.8 Å². The summed E-state index contributed by atoms with van der Waals surface area (Å²) in [4.78, 5) is 125. The lowest BCUT2D eigenvalue weighted by molar-refractivity contribution is -0.141. The lowest BCUT2D eigenvalue weighted by Gasteiger charge is -2.25. The highest BCUT2D eigenvalue weighted by atomic mass is 32.3. The van der Waals surface area contributed by atoms with Crippen molar-refractivity contribution in [1.29, 1.82) is 0 Å². The zero-order valence-corrected chi connectivity index (χ0v) is 42.3. The quantitative estimate of drug-likeness (QED) is 0.0187. The zero-order valence-electron chi connectivity index (χ0n) is 46.5. The topological polar surface area (TPSA) is 349 Å². The van der Waals surface area contributed by atoms with Gasteiger partial charge in [0.15, 0.2) is 0 Å². The third-order valence-corrected chi connectivity index (χ3v) is 12.0. The number of rotatable bonds is 32. The number of unbranched alkanes of at least 4 members (excludes halogenated alkanes) is 2. The number of benzene rings is 3. The maximum absolute atomic E-state index is 14.3. The standard InChI is InChI=1S/C51H67N9O14S/c1-5-8-18-37(52-4)46(65)57-41(28-45(63)64)47(66)56-39(25-31-15-11-10-12-16-31)49(68)60-50(69)40(27-33-29-53-36-19-14-13-17-35(33)36)58-51(70)42(61)30-54-43(20-9-6-2)59-48(67)38(55-44(62)7-3)26-32-21-23-34(24-22-32)74-75(71,72)73/h10-17,19,21-24,29,37-41,43,52-54H,5-9,18,20,25-28,30H2,1-4H3,(H,55,62)(H,56,66)(H,57,65)(H,58,70)(H,59,67)(H,63,64)(H,60,68,69)(H,71,72,73)/t37-,38-,39-,40-,41-,43+/m0/s1/i3T3,7T2. The van der Waals surface area contributed by atoms with E-state index in [0.29, 0.717) is 47.7 Å². The molecular formula is C51H67N9O14S. The highest BCUT2D eigenvalue weighted by molar-refractivity contribution is 7.81. The van der Waals surface area contributed by atoms with Crippen LogP contribution in [0.3, 0.4) is 0 Å². The van der Waals surface area contributed by atoms with Crippen LogP contribution in [0.5, 0.6) is 5.75 Å². The number of likely N-dealkylation sites (N-methyl/N-ethyl adjacent to an activating group) is 1. The summed E-state index contributed by atoms with van der Waals surface area (Å²) in [6.07, 6.45) is -2.08. The van der Waals surface area contributed by atoms with Crippen molar-refractivity contribution in [3.8, 4) is 5.75 Å². The summed E-state index contributed by atoms with van der Waals surface area (Å²) in [6.45, 7) is -0.536. The molecule has 75 heavy (non-hydrogen) atoms. The zero-order chi connectivity index (χ0) is 59.4. The van der Waals surface area contributed by atoms with Crippen molar-refractivity contribution in [3.05, 3.63) is 102 Å². The molecule has 1 aromatic heterocycles. The summed E-state index contributed by atoms with van der Waals surface area (Å²) >= 11 is 0. The fourth-order valence-corrected chi connectivity index (χ4v) is 8.06. The minimum atomic E-state index is -4.91. The molecule has 0 bridgehead atoms. The van der Waals surface area contributed by atoms with Crippen molar-refractivity contribution in [3.63, 3.8) is 0 Å². The second kappa shape index (κ2) is 30.0. The normalized spacial score (nSPS) is 15.0. The predicted molar refractivity (Wildman–Crippen MR) is 275 cm³/mol. The van der Waals surface area contributed by atoms with Crippen LogP contribution in [-0.4, -0.2) is 126 Å². The lowest BCUT2D eigenvalue weighted by atomic mass is 10.0. The molecule has 0 saturated heterocycles. The number of nitrogens with one attached hydrogen (secondary N) is 9. The molecule has 4 rings (SSSR count). The van der Waals surface area contributed by atoms with Gasteiger partial charge in [-0.3, -0.25) is 58.3 Å². The van der Waals surface area contributed by atoms with Crippen molar-refractivity contribution < 1.29 is 72.3 Å². The number of hydrogen-bond donors (Lipinski definition) is 11. The molecule has 0 radical (unpaired) electrons. The summed E-state index contributed by atoms with van der Waals surface area (Å²) in [6, 6.07) is 12.5. The number of carboxylic acids is 1. The van der Waals surface area contributed by atoms with Crippen LogP contribution in [0.2, 0.25) is 0 Å². The van der Waals surface area contributed by atoms with Crippen LogP contribution in [0.15, 0.2) is 85.1 Å². The first-order valence-electron chi connectivity index (χ1n) is 26.5. The number of aromatic amines is 1. The number of aromatic nitrogens is 1. The average Bonchev–Trinajstić information content (AvgIpc) is 3.80. The number of fused-ring (bicyclic) bond motifs is 1. The first-order valence-corrected chi connectivity index (χ1v) is 25.4. The van der Waals surface area contributed by atoms with Gasteiger partial charge in [0.1, 0.15) is 29.9 Å². The average molecular weight is 1070 g/mol. The van der Waals surface area contributed by atoms with Crippen LogP contribution in [-0.2, 0) is 72.8 Å². The lowest BCUT2D eigenvalue weighted by Crippen LogP contribution is -2.59. The van der Waals surface area contributed by atoms with E-state index in [9.17, 15) is 56.7 Å². The number of Topliss-reactive ketones (excluding diaryl/α,β-unsaturated/α-hetero) is 1. The molecule has 0 aliphatic heterocycles. The van der Waals surface area contributed by atoms with E-state index in [1.54, 1.807) is 67.7 Å². The SMILES string of the molecule is [3H]C([3H])([3H])C([3H])([3H])C(=O)N[C@@H](Cc1ccc(OS(=O)(=O)O)cc1)C(=O)N[C@H](CCCC)NCC(=O)C(=O)N[C@@H](Cc1c[nH]c2ccccc12)C(=O)NC(=O)[C@H](Cc1ccccc1)NC(=O)[C@H](CC(=O)O)NC(=O)[C@H](CCCC)NC. The molecule has 4 aromatic rings. The Bertz CT molecular complexity index is 2930. The Labute approximate surface area is 441 Å². The minimum absolute atomic E-state index is 0.100. The van der Waals surface area contributed by atoms with Gasteiger partial charge in [0, 0.05) is 49.6 Å².